The second-order valence-electron chi connectivity index (χ2n) is 5.18. The molecule has 0 radical (unpaired) electrons. The van der Waals surface area contributed by atoms with Crippen LogP contribution in [0.15, 0.2) is 42.5 Å². The number of nitrogen functional groups attached to an aromatic ring is 1. The number of anilines is 2. The van der Waals surface area contributed by atoms with Gasteiger partial charge in [0, 0.05) is 24.5 Å². The third kappa shape index (κ3) is 2.33. The molecule has 0 saturated heterocycles. The molecule has 0 aromatic heterocycles. The largest absolute Gasteiger partial charge is 0.398 e. The number of benzene rings is 2. The first kappa shape index (κ1) is 12.6. The van der Waals surface area contributed by atoms with Crippen molar-refractivity contribution in [1.82, 2.24) is 0 Å². The second kappa shape index (κ2) is 5.26. The highest BCUT2D eigenvalue weighted by molar-refractivity contribution is 5.66. The molecule has 20 heavy (non-hydrogen) atoms. The summed E-state index contributed by atoms with van der Waals surface area (Å²) in [6.07, 6.45) is 2.18. The van der Waals surface area contributed by atoms with Crippen LogP contribution in [0.1, 0.15) is 23.1 Å². The summed E-state index contributed by atoms with van der Waals surface area (Å²) in [6.45, 7) is 1.86. The summed E-state index contributed by atoms with van der Waals surface area (Å²) >= 11 is 0. The van der Waals surface area contributed by atoms with Gasteiger partial charge in [-0.15, -0.1) is 0 Å². The molecule has 2 N–H and O–H groups in total. The standard InChI is InChI=1S/C17H17N3/c18-11-13-4-1-5-14(10-13)12-20-9-3-6-15-16(19)7-2-8-17(15)20/h1-2,4-5,7-8,10H,3,6,9,12,19H2. The summed E-state index contributed by atoms with van der Waals surface area (Å²) in [6, 6.07) is 16.1. The first-order chi connectivity index (χ1) is 9.78. The maximum absolute atomic E-state index is 8.98. The van der Waals surface area contributed by atoms with E-state index in [4.69, 9.17) is 11.0 Å². The van der Waals surface area contributed by atoms with Crippen LogP contribution in [0.4, 0.5) is 11.4 Å². The molecule has 3 nitrogen and oxygen atoms in total. The highest BCUT2D eigenvalue weighted by atomic mass is 15.1. The topological polar surface area (TPSA) is 53.0 Å². The maximum atomic E-state index is 8.98. The van der Waals surface area contributed by atoms with Crippen molar-refractivity contribution in [3.63, 3.8) is 0 Å². The minimum atomic E-state index is 0.715. The van der Waals surface area contributed by atoms with E-state index in [2.05, 4.69) is 23.1 Å². The van der Waals surface area contributed by atoms with Crippen molar-refractivity contribution < 1.29 is 0 Å². The minimum Gasteiger partial charge on any atom is -0.398 e. The van der Waals surface area contributed by atoms with Crippen molar-refractivity contribution in [2.45, 2.75) is 19.4 Å². The van der Waals surface area contributed by atoms with Crippen LogP contribution in [0.25, 0.3) is 0 Å². The van der Waals surface area contributed by atoms with Crippen LogP contribution in [-0.4, -0.2) is 6.54 Å². The number of fused-ring (bicyclic) bond motifs is 1. The molecular weight excluding hydrogens is 246 g/mol. The number of hydrogen-bond acceptors (Lipinski definition) is 3. The van der Waals surface area contributed by atoms with Crippen molar-refractivity contribution in [1.29, 1.82) is 5.26 Å². The van der Waals surface area contributed by atoms with E-state index in [9.17, 15) is 0 Å². The zero-order valence-electron chi connectivity index (χ0n) is 11.3. The van der Waals surface area contributed by atoms with Crippen molar-refractivity contribution in [2.75, 3.05) is 17.2 Å². The lowest BCUT2D eigenvalue weighted by molar-refractivity contribution is 0.692. The van der Waals surface area contributed by atoms with Gasteiger partial charge in [-0.3, -0.25) is 0 Å². The predicted molar refractivity (Wildman–Crippen MR) is 81.4 cm³/mol. The lowest BCUT2D eigenvalue weighted by Crippen LogP contribution is -2.29. The number of nitrogens with zero attached hydrogens (tertiary/aromatic N) is 2. The molecule has 1 aliphatic rings. The molecule has 0 atom stereocenters. The minimum absolute atomic E-state index is 0.715. The Morgan fingerprint density at radius 3 is 2.90 bits per heavy atom. The number of nitrogens with two attached hydrogens (primary N) is 1. The summed E-state index contributed by atoms with van der Waals surface area (Å²) in [5.74, 6) is 0. The summed E-state index contributed by atoms with van der Waals surface area (Å²) in [5, 5.41) is 8.98. The molecule has 3 rings (SSSR count). The fourth-order valence-electron chi connectivity index (χ4n) is 2.85. The van der Waals surface area contributed by atoms with Gasteiger partial charge in [-0.25, -0.2) is 0 Å². The van der Waals surface area contributed by atoms with Crippen LogP contribution >= 0.6 is 0 Å². The molecule has 0 bridgehead atoms. The SMILES string of the molecule is N#Cc1cccc(CN2CCCc3c(N)cccc32)c1. The Balaban J connectivity index is 1.90. The van der Waals surface area contributed by atoms with Gasteiger partial charge in [0.1, 0.15) is 0 Å². The van der Waals surface area contributed by atoms with E-state index in [1.165, 1.54) is 16.8 Å². The zero-order valence-corrected chi connectivity index (χ0v) is 11.3. The number of rotatable bonds is 2. The Labute approximate surface area is 119 Å². The summed E-state index contributed by atoms with van der Waals surface area (Å²) < 4.78 is 0. The summed E-state index contributed by atoms with van der Waals surface area (Å²) in [5.41, 5.74) is 11.3. The fourth-order valence-corrected chi connectivity index (χ4v) is 2.85. The van der Waals surface area contributed by atoms with Crippen LogP contribution in [0.3, 0.4) is 0 Å². The van der Waals surface area contributed by atoms with Gasteiger partial charge in [0.15, 0.2) is 0 Å². The monoisotopic (exact) mass is 263 g/mol. The van der Waals surface area contributed by atoms with E-state index >= 15 is 0 Å². The van der Waals surface area contributed by atoms with Gasteiger partial charge in [0.25, 0.3) is 0 Å². The van der Waals surface area contributed by atoms with Crippen molar-refractivity contribution in [3.8, 4) is 6.07 Å². The van der Waals surface area contributed by atoms with Gasteiger partial charge in [-0.2, -0.15) is 5.26 Å². The fraction of sp³-hybridized carbons (Fsp3) is 0.235. The molecular formula is C17H17N3. The molecule has 0 unspecified atom stereocenters. The quantitative estimate of drug-likeness (QED) is 0.847. The van der Waals surface area contributed by atoms with Crippen molar-refractivity contribution in [2.24, 2.45) is 0 Å². The van der Waals surface area contributed by atoms with E-state index in [0.717, 1.165) is 31.6 Å². The molecule has 2 aromatic carbocycles. The van der Waals surface area contributed by atoms with E-state index < -0.39 is 0 Å². The normalized spacial score (nSPS) is 13.7. The number of hydrogen-bond donors (Lipinski definition) is 1. The lowest BCUT2D eigenvalue weighted by Gasteiger charge is -2.32. The molecule has 2 aromatic rings. The smallest absolute Gasteiger partial charge is 0.0991 e. The van der Waals surface area contributed by atoms with Crippen LogP contribution in [0.2, 0.25) is 0 Å². The first-order valence-corrected chi connectivity index (χ1v) is 6.89. The molecule has 1 aliphatic heterocycles. The highest BCUT2D eigenvalue weighted by Gasteiger charge is 2.18. The molecule has 0 amide bonds. The molecule has 0 fully saturated rings. The van der Waals surface area contributed by atoms with E-state index in [1.807, 2.05) is 30.3 Å². The molecule has 3 heteroatoms. The molecule has 0 aliphatic carbocycles. The van der Waals surface area contributed by atoms with Crippen LogP contribution < -0.4 is 10.6 Å². The molecule has 1 heterocycles. The van der Waals surface area contributed by atoms with Gasteiger partial charge < -0.3 is 10.6 Å². The lowest BCUT2D eigenvalue weighted by atomic mass is 9.99. The molecule has 0 spiro atoms. The zero-order chi connectivity index (χ0) is 13.9. The van der Waals surface area contributed by atoms with Crippen LogP contribution in [-0.2, 0) is 13.0 Å². The Morgan fingerprint density at radius 1 is 1.20 bits per heavy atom. The molecule has 0 saturated carbocycles. The van der Waals surface area contributed by atoms with Crippen molar-refractivity contribution >= 4 is 11.4 Å². The Morgan fingerprint density at radius 2 is 2.05 bits per heavy atom. The van der Waals surface area contributed by atoms with Gasteiger partial charge in [-0.05, 0) is 48.2 Å². The third-order valence-corrected chi connectivity index (χ3v) is 3.81. The van der Waals surface area contributed by atoms with Crippen LogP contribution in [0, 0.1) is 11.3 Å². The first-order valence-electron chi connectivity index (χ1n) is 6.89. The predicted octanol–water partition coefficient (Wildman–Crippen LogP) is 3.09. The third-order valence-electron chi connectivity index (χ3n) is 3.81. The van der Waals surface area contributed by atoms with Crippen molar-refractivity contribution in [3.05, 3.63) is 59.2 Å². The van der Waals surface area contributed by atoms with E-state index in [0.29, 0.717) is 5.56 Å². The maximum Gasteiger partial charge on any atom is 0.0991 e. The van der Waals surface area contributed by atoms with Gasteiger partial charge in [0.05, 0.1) is 11.6 Å². The average molecular weight is 263 g/mol. The molecule has 100 valence electrons. The summed E-state index contributed by atoms with van der Waals surface area (Å²) in [4.78, 5) is 2.35. The average Bonchev–Trinajstić information content (AvgIpc) is 2.49. The number of nitriles is 1. The van der Waals surface area contributed by atoms with Gasteiger partial charge in [0.2, 0.25) is 0 Å². The van der Waals surface area contributed by atoms with E-state index in [-0.39, 0.29) is 0 Å². The summed E-state index contributed by atoms with van der Waals surface area (Å²) in [7, 11) is 0. The Hall–Kier alpha value is -2.47. The van der Waals surface area contributed by atoms with Crippen LogP contribution in [0.5, 0.6) is 0 Å². The van der Waals surface area contributed by atoms with Gasteiger partial charge >= 0.3 is 0 Å². The Kier molecular flexibility index (Phi) is 3.30. The Bertz CT molecular complexity index is 670. The highest BCUT2D eigenvalue weighted by Crippen LogP contribution is 2.32. The van der Waals surface area contributed by atoms with E-state index in [1.54, 1.807) is 0 Å². The van der Waals surface area contributed by atoms with Gasteiger partial charge in [-0.1, -0.05) is 18.2 Å². The second-order valence-corrected chi connectivity index (χ2v) is 5.18.